The van der Waals surface area contributed by atoms with E-state index < -0.39 is 0 Å². The Kier molecular flexibility index (Phi) is 4.90. The molecule has 0 spiro atoms. The molecule has 2 aromatic heterocycles. The molecule has 2 aliphatic heterocycles. The second kappa shape index (κ2) is 7.72. The highest BCUT2D eigenvalue weighted by molar-refractivity contribution is 5.74. The van der Waals surface area contributed by atoms with Crippen molar-refractivity contribution in [1.29, 1.82) is 0 Å². The second-order valence-corrected chi connectivity index (χ2v) is 8.56. The molecule has 156 valence electrons. The molecule has 4 heterocycles. The monoisotopic (exact) mass is 404 g/mol. The number of benzene rings is 1. The topological polar surface area (TPSA) is 70.1 Å². The van der Waals surface area contributed by atoms with Gasteiger partial charge >= 0.3 is 0 Å². The van der Waals surface area contributed by atoms with E-state index in [9.17, 15) is 4.79 Å². The molecule has 0 atom stereocenters. The van der Waals surface area contributed by atoms with Crippen molar-refractivity contribution in [3.8, 4) is 17.1 Å². The van der Waals surface area contributed by atoms with Gasteiger partial charge in [0.2, 0.25) is 5.91 Å². The van der Waals surface area contributed by atoms with Crippen molar-refractivity contribution in [3.05, 3.63) is 53.9 Å². The molecule has 0 radical (unpaired) electrons. The van der Waals surface area contributed by atoms with Gasteiger partial charge in [0.25, 0.3) is 0 Å². The van der Waals surface area contributed by atoms with Gasteiger partial charge in [0, 0.05) is 38.2 Å². The van der Waals surface area contributed by atoms with Gasteiger partial charge in [0.15, 0.2) is 0 Å². The number of amides is 1. The minimum Gasteiger partial charge on any atom is -0.340 e. The summed E-state index contributed by atoms with van der Waals surface area (Å²) < 4.78 is 2.03. The zero-order valence-corrected chi connectivity index (χ0v) is 17.6. The molecule has 2 saturated heterocycles. The van der Waals surface area contributed by atoms with E-state index in [-0.39, 0.29) is 5.91 Å². The van der Waals surface area contributed by atoms with Gasteiger partial charge in [0.1, 0.15) is 0 Å². The van der Waals surface area contributed by atoms with Crippen molar-refractivity contribution in [2.45, 2.75) is 38.6 Å². The Hall–Kier alpha value is -2.93. The smallest absolute Gasteiger partial charge is 0.219 e. The summed E-state index contributed by atoms with van der Waals surface area (Å²) in [5.41, 5.74) is 5.47. The number of nitrogens with one attached hydrogen (secondary N) is 1. The lowest BCUT2D eigenvalue weighted by atomic mass is 9.91. The van der Waals surface area contributed by atoms with Crippen molar-refractivity contribution < 1.29 is 4.79 Å². The van der Waals surface area contributed by atoms with Gasteiger partial charge in [-0.15, -0.1) is 0 Å². The number of piperidine rings is 1. The van der Waals surface area contributed by atoms with Crippen molar-refractivity contribution in [3.63, 3.8) is 0 Å². The third-order valence-electron chi connectivity index (χ3n) is 6.56. The molecule has 0 aliphatic carbocycles. The van der Waals surface area contributed by atoms with Crippen LogP contribution in [0.25, 0.3) is 17.1 Å². The number of carbonyl (C=O) groups is 1. The quantitative estimate of drug-likeness (QED) is 0.726. The van der Waals surface area contributed by atoms with Crippen LogP contribution in [-0.4, -0.2) is 67.9 Å². The van der Waals surface area contributed by atoms with Crippen LogP contribution in [0.3, 0.4) is 0 Å². The molecule has 5 rings (SSSR count). The van der Waals surface area contributed by atoms with Crippen molar-refractivity contribution >= 4 is 5.91 Å². The van der Waals surface area contributed by atoms with E-state index in [1.54, 1.807) is 13.1 Å². The fraction of sp³-hybridized carbons (Fsp3) is 0.435. The molecule has 7 nitrogen and oxygen atoms in total. The Morgan fingerprint density at radius 3 is 2.47 bits per heavy atom. The molecular weight excluding hydrogens is 376 g/mol. The van der Waals surface area contributed by atoms with Gasteiger partial charge in [-0.25, -0.2) is 4.68 Å². The highest BCUT2D eigenvalue weighted by atomic mass is 16.2. The number of H-pyrrole nitrogens is 1. The van der Waals surface area contributed by atoms with Crippen LogP contribution < -0.4 is 0 Å². The standard InChI is InChI=1S/C23H28N6O/c1-16-3-5-19(6-4-16)29-23(21-7-10-24-25-21)13-22(26-29)18-8-11-27(12-9-18)20-14-28(15-20)17(2)30/h3-7,10,13,18,20H,8-9,11-12,14-15H2,1-2H3,(H,24,25). The number of aryl methyl sites for hydroxylation is 1. The number of rotatable bonds is 4. The summed E-state index contributed by atoms with van der Waals surface area (Å²) in [6, 6.07) is 13.2. The van der Waals surface area contributed by atoms with Crippen LogP contribution in [0.2, 0.25) is 0 Å². The zero-order valence-electron chi connectivity index (χ0n) is 17.6. The summed E-state index contributed by atoms with van der Waals surface area (Å²) in [5, 5.41) is 12.2. The molecule has 2 fully saturated rings. The van der Waals surface area contributed by atoms with Crippen LogP contribution in [0.4, 0.5) is 0 Å². The van der Waals surface area contributed by atoms with Crippen LogP contribution in [0.15, 0.2) is 42.6 Å². The third kappa shape index (κ3) is 3.54. The molecule has 0 saturated carbocycles. The SMILES string of the molecule is CC(=O)N1CC(N2CCC(c3cc(-c4ccn[nH]4)n(-c4ccc(C)cc4)n3)CC2)C1. The highest BCUT2D eigenvalue weighted by Crippen LogP contribution is 2.33. The Labute approximate surface area is 176 Å². The Morgan fingerprint density at radius 1 is 1.10 bits per heavy atom. The molecule has 0 unspecified atom stereocenters. The first-order valence-corrected chi connectivity index (χ1v) is 10.7. The third-order valence-corrected chi connectivity index (χ3v) is 6.56. The van der Waals surface area contributed by atoms with Gasteiger partial charge < -0.3 is 4.90 Å². The van der Waals surface area contributed by atoms with E-state index in [0.717, 1.165) is 61.8 Å². The predicted molar refractivity (Wildman–Crippen MR) is 115 cm³/mol. The van der Waals surface area contributed by atoms with Crippen molar-refractivity contribution in [2.24, 2.45) is 0 Å². The number of carbonyl (C=O) groups excluding carboxylic acids is 1. The zero-order chi connectivity index (χ0) is 20.7. The Morgan fingerprint density at radius 2 is 1.83 bits per heavy atom. The number of hydrogen-bond donors (Lipinski definition) is 1. The van der Waals surface area contributed by atoms with Gasteiger partial charge in [0.05, 0.1) is 22.8 Å². The largest absolute Gasteiger partial charge is 0.340 e. The van der Waals surface area contributed by atoms with Crippen LogP contribution in [0, 0.1) is 6.92 Å². The lowest BCUT2D eigenvalue weighted by Crippen LogP contribution is -2.61. The number of likely N-dealkylation sites (tertiary alicyclic amines) is 2. The molecule has 1 amide bonds. The molecule has 7 heteroatoms. The maximum absolute atomic E-state index is 11.4. The van der Waals surface area contributed by atoms with E-state index in [4.69, 9.17) is 5.10 Å². The number of nitrogens with zero attached hydrogens (tertiary/aromatic N) is 5. The minimum atomic E-state index is 0.189. The molecule has 30 heavy (non-hydrogen) atoms. The summed E-state index contributed by atoms with van der Waals surface area (Å²) in [6.07, 6.45) is 3.98. The fourth-order valence-corrected chi connectivity index (χ4v) is 4.58. The molecular formula is C23H28N6O. The highest BCUT2D eigenvalue weighted by Gasteiger charge is 2.35. The number of hydrogen-bond acceptors (Lipinski definition) is 4. The van der Waals surface area contributed by atoms with Crippen molar-refractivity contribution in [1.82, 2.24) is 29.8 Å². The van der Waals surface area contributed by atoms with E-state index in [1.165, 1.54) is 5.56 Å². The fourth-order valence-electron chi connectivity index (χ4n) is 4.58. The number of aromatic amines is 1. The van der Waals surface area contributed by atoms with Crippen LogP contribution in [0.1, 0.15) is 36.9 Å². The molecule has 3 aromatic rings. The first-order valence-electron chi connectivity index (χ1n) is 10.7. The van der Waals surface area contributed by atoms with Crippen LogP contribution in [-0.2, 0) is 4.79 Å². The molecule has 1 aromatic carbocycles. The lowest BCUT2D eigenvalue weighted by molar-refractivity contribution is -0.136. The number of aromatic nitrogens is 4. The maximum atomic E-state index is 11.4. The second-order valence-electron chi connectivity index (χ2n) is 8.56. The van der Waals surface area contributed by atoms with E-state index in [2.05, 4.69) is 52.4 Å². The lowest BCUT2D eigenvalue weighted by Gasteiger charge is -2.47. The van der Waals surface area contributed by atoms with Gasteiger partial charge in [-0.3, -0.25) is 14.8 Å². The first-order chi connectivity index (χ1) is 14.6. The van der Waals surface area contributed by atoms with E-state index in [0.29, 0.717) is 12.0 Å². The Balaban J connectivity index is 1.34. The minimum absolute atomic E-state index is 0.189. The molecule has 1 N–H and O–H groups in total. The summed E-state index contributed by atoms with van der Waals surface area (Å²) >= 11 is 0. The van der Waals surface area contributed by atoms with Crippen LogP contribution in [0.5, 0.6) is 0 Å². The molecule has 0 bridgehead atoms. The average molecular weight is 405 g/mol. The normalized spacial score (nSPS) is 18.5. The Bertz CT molecular complexity index is 1010. The predicted octanol–water partition coefficient (Wildman–Crippen LogP) is 2.98. The van der Waals surface area contributed by atoms with Gasteiger partial charge in [-0.1, -0.05) is 17.7 Å². The van der Waals surface area contributed by atoms with Crippen LogP contribution >= 0.6 is 0 Å². The van der Waals surface area contributed by atoms with E-state index in [1.807, 2.05) is 15.6 Å². The first kappa shape index (κ1) is 19.1. The summed E-state index contributed by atoms with van der Waals surface area (Å²) in [5.74, 6) is 0.646. The summed E-state index contributed by atoms with van der Waals surface area (Å²) in [7, 11) is 0. The van der Waals surface area contributed by atoms with Gasteiger partial charge in [-0.2, -0.15) is 10.2 Å². The van der Waals surface area contributed by atoms with E-state index >= 15 is 0 Å². The molecule has 2 aliphatic rings. The summed E-state index contributed by atoms with van der Waals surface area (Å²) in [4.78, 5) is 15.9. The summed E-state index contributed by atoms with van der Waals surface area (Å²) in [6.45, 7) is 7.65. The van der Waals surface area contributed by atoms with Crippen molar-refractivity contribution in [2.75, 3.05) is 26.2 Å². The van der Waals surface area contributed by atoms with Gasteiger partial charge in [-0.05, 0) is 57.1 Å². The maximum Gasteiger partial charge on any atom is 0.219 e. The average Bonchev–Trinajstić information content (AvgIpc) is 3.37.